The first-order chi connectivity index (χ1) is 4.95. The standard InChI is InChI=1S/C8H14O2/c1-4-9-7-2-3-8(6-7)10-5-1/h7-8H,1-6H2. The Kier molecular flexibility index (Phi) is 1.91. The van der Waals surface area contributed by atoms with Gasteiger partial charge in [-0.1, -0.05) is 0 Å². The van der Waals surface area contributed by atoms with Crippen LogP contribution in [0.25, 0.3) is 0 Å². The molecule has 1 heterocycles. The van der Waals surface area contributed by atoms with Gasteiger partial charge in [-0.05, 0) is 25.7 Å². The SMILES string of the molecule is C1COC2CCC(C2)OC1. The highest BCUT2D eigenvalue weighted by atomic mass is 16.5. The van der Waals surface area contributed by atoms with Gasteiger partial charge in [-0.15, -0.1) is 0 Å². The molecule has 1 aliphatic heterocycles. The Labute approximate surface area is 61.5 Å². The molecule has 2 unspecified atom stereocenters. The number of hydrogen-bond donors (Lipinski definition) is 0. The van der Waals surface area contributed by atoms with Crippen molar-refractivity contribution in [1.82, 2.24) is 0 Å². The van der Waals surface area contributed by atoms with Crippen LogP contribution in [0.3, 0.4) is 0 Å². The average molecular weight is 142 g/mol. The second kappa shape index (κ2) is 2.89. The van der Waals surface area contributed by atoms with E-state index < -0.39 is 0 Å². The van der Waals surface area contributed by atoms with Gasteiger partial charge in [-0.25, -0.2) is 0 Å². The molecule has 0 aromatic rings. The lowest BCUT2D eigenvalue weighted by atomic mass is 10.3. The molecule has 0 N–H and O–H groups in total. The highest BCUT2D eigenvalue weighted by molar-refractivity contribution is 4.77. The van der Waals surface area contributed by atoms with Crippen LogP contribution in [0, 0.1) is 0 Å². The molecule has 2 aliphatic rings. The zero-order valence-corrected chi connectivity index (χ0v) is 6.21. The summed E-state index contributed by atoms with van der Waals surface area (Å²) >= 11 is 0. The summed E-state index contributed by atoms with van der Waals surface area (Å²) in [4.78, 5) is 0. The summed E-state index contributed by atoms with van der Waals surface area (Å²) in [5, 5.41) is 0. The molecule has 2 nitrogen and oxygen atoms in total. The minimum absolute atomic E-state index is 0.519. The molecule has 2 rings (SSSR count). The molecular weight excluding hydrogens is 128 g/mol. The molecule has 0 radical (unpaired) electrons. The largest absolute Gasteiger partial charge is 0.378 e. The van der Waals surface area contributed by atoms with Gasteiger partial charge < -0.3 is 9.47 Å². The Morgan fingerprint density at radius 1 is 0.900 bits per heavy atom. The third-order valence-electron chi connectivity index (χ3n) is 2.33. The molecule has 2 fully saturated rings. The first kappa shape index (κ1) is 6.62. The quantitative estimate of drug-likeness (QED) is 0.508. The van der Waals surface area contributed by atoms with E-state index in [1.165, 1.54) is 12.8 Å². The second-order valence-corrected chi connectivity index (χ2v) is 3.15. The lowest BCUT2D eigenvalue weighted by Gasteiger charge is -2.17. The fraction of sp³-hybridized carbons (Fsp3) is 1.00. The molecule has 0 spiro atoms. The molecule has 2 atom stereocenters. The van der Waals surface area contributed by atoms with Crippen molar-refractivity contribution in [2.24, 2.45) is 0 Å². The van der Waals surface area contributed by atoms with Gasteiger partial charge in [-0.2, -0.15) is 0 Å². The van der Waals surface area contributed by atoms with E-state index in [1.807, 2.05) is 0 Å². The highest BCUT2D eigenvalue weighted by Crippen LogP contribution is 2.26. The van der Waals surface area contributed by atoms with Crippen LogP contribution in [0.2, 0.25) is 0 Å². The monoisotopic (exact) mass is 142 g/mol. The van der Waals surface area contributed by atoms with E-state index in [9.17, 15) is 0 Å². The summed E-state index contributed by atoms with van der Waals surface area (Å²) in [7, 11) is 0. The van der Waals surface area contributed by atoms with E-state index in [-0.39, 0.29) is 0 Å². The molecule has 0 amide bonds. The predicted octanol–water partition coefficient (Wildman–Crippen LogP) is 1.34. The summed E-state index contributed by atoms with van der Waals surface area (Å²) in [5.74, 6) is 0. The predicted molar refractivity (Wildman–Crippen MR) is 37.9 cm³/mol. The van der Waals surface area contributed by atoms with E-state index in [1.54, 1.807) is 0 Å². The minimum atomic E-state index is 0.519. The smallest absolute Gasteiger partial charge is 0.0600 e. The van der Waals surface area contributed by atoms with Crippen LogP contribution >= 0.6 is 0 Å². The first-order valence-corrected chi connectivity index (χ1v) is 4.18. The van der Waals surface area contributed by atoms with E-state index >= 15 is 0 Å². The van der Waals surface area contributed by atoms with Gasteiger partial charge in [-0.3, -0.25) is 0 Å². The Hall–Kier alpha value is -0.0800. The fourth-order valence-corrected chi connectivity index (χ4v) is 1.76. The Balaban J connectivity index is 1.91. The summed E-state index contributed by atoms with van der Waals surface area (Å²) in [5.41, 5.74) is 0. The van der Waals surface area contributed by atoms with Crippen molar-refractivity contribution in [2.45, 2.75) is 37.9 Å². The summed E-state index contributed by atoms with van der Waals surface area (Å²) in [6.45, 7) is 1.80. The first-order valence-electron chi connectivity index (χ1n) is 4.18. The number of rotatable bonds is 0. The molecule has 1 saturated heterocycles. The molecular formula is C8H14O2. The zero-order valence-electron chi connectivity index (χ0n) is 6.21. The maximum absolute atomic E-state index is 5.59. The molecule has 0 aromatic heterocycles. The van der Waals surface area contributed by atoms with Gasteiger partial charge in [0.05, 0.1) is 12.2 Å². The number of hydrogen-bond acceptors (Lipinski definition) is 2. The van der Waals surface area contributed by atoms with Crippen LogP contribution in [0.4, 0.5) is 0 Å². The third-order valence-corrected chi connectivity index (χ3v) is 2.33. The summed E-state index contributed by atoms with van der Waals surface area (Å²) < 4.78 is 11.2. The van der Waals surface area contributed by atoms with Crippen molar-refractivity contribution in [3.8, 4) is 0 Å². The van der Waals surface area contributed by atoms with Crippen LogP contribution in [-0.2, 0) is 9.47 Å². The van der Waals surface area contributed by atoms with Crippen LogP contribution < -0.4 is 0 Å². The van der Waals surface area contributed by atoms with Crippen LogP contribution in [0.1, 0.15) is 25.7 Å². The van der Waals surface area contributed by atoms with Gasteiger partial charge in [0, 0.05) is 13.2 Å². The second-order valence-electron chi connectivity index (χ2n) is 3.15. The van der Waals surface area contributed by atoms with Gasteiger partial charge >= 0.3 is 0 Å². The molecule has 10 heavy (non-hydrogen) atoms. The van der Waals surface area contributed by atoms with Crippen molar-refractivity contribution in [1.29, 1.82) is 0 Å². The van der Waals surface area contributed by atoms with Crippen LogP contribution in [-0.4, -0.2) is 25.4 Å². The number of fused-ring (bicyclic) bond motifs is 2. The van der Waals surface area contributed by atoms with Crippen molar-refractivity contribution in [3.05, 3.63) is 0 Å². The lowest BCUT2D eigenvalue weighted by Crippen LogP contribution is -2.18. The summed E-state index contributed by atoms with van der Waals surface area (Å²) in [6, 6.07) is 0. The fourth-order valence-electron chi connectivity index (χ4n) is 1.76. The van der Waals surface area contributed by atoms with Gasteiger partial charge in [0.2, 0.25) is 0 Å². The van der Waals surface area contributed by atoms with E-state index in [0.717, 1.165) is 26.1 Å². The van der Waals surface area contributed by atoms with E-state index in [0.29, 0.717) is 12.2 Å². The minimum Gasteiger partial charge on any atom is -0.378 e. The van der Waals surface area contributed by atoms with Crippen LogP contribution in [0.5, 0.6) is 0 Å². The Morgan fingerprint density at radius 2 is 1.50 bits per heavy atom. The normalized spacial score (nSPS) is 40.8. The van der Waals surface area contributed by atoms with Crippen LogP contribution in [0.15, 0.2) is 0 Å². The van der Waals surface area contributed by atoms with E-state index in [2.05, 4.69) is 0 Å². The molecule has 2 heteroatoms. The molecule has 2 bridgehead atoms. The zero-order chi connectivity index (χ0) is 6.81. The topological polar surface area (TPSA) is 18.5 Å². The summed E-state index contributed by atoms with van der Waals surface area (Å²) in [6.07, 6.45) is 5.68. The molecule has 0 aromatic carbocycles. The van der Waals surface area contributed by atoms with Gasteiger partial charge in [0.15, 0.2) is 0 Å². The van der Waals surface area contributed by atoms with E-state index in [4.69, 9.17) is 9.47 Å². The molecule has 58 valence electrons. The van der Waals surface area contributed by atoms with Crippen molar-refractivity contribution in [3.63, 3.8) is 0 Å². The average Bonchev–Trinajstić information content (AvgIpc) is 2.30. The van der Waals surface area contributed by atoms with Crippen molar-refractivity contribution >= 4 is 0 Å². The van der Waals surface area contributed by atoms with Gasteiger partial charge in [0.1, 0.15) is 0 Å². The maximum Gasteiger partial charge on any atom is 0.0600 e. The Morgan fingerprint density at radius 3 is 2.10 bits per heavy atom. The lowest BCUT2D eigenvalue weighted by molar-refractivity contribution is -0.0174. The Bertz CT molecular complexity index is 102. The van der Waals surface area contributed by atoms with Gasteiger partial charge in [0.25, 0.3) is 0 Å². The molecule has 1 aliphatic carbocycles. The van der Waals surface area contributed by atoms with Crippen molar-refractivity contribution in [2.75, 3.05) is 13.2 Å². The maximum atomic E-state index is 5.59. The van der Waals surface area contributed by atoms with Crippen molar-refractivity contribution < 1.29 is 9.47 Å². The number of ether oxygens (including phenoxy) is 2. The highest BCUT2D eigenvalue weighted by Gasteiger charge is 2.26. The third kappa shape index (κ3) is 1.32. The molecule has 1 saturated carbocycles.